The number of rotatable bonds is 2. The number of likely N-dealkylation sites (N-methyl/N-ethyl adjacent to an activating group) is 1. The SMILES string of the molecule is CCN1C(N)=NCC12CCCC(C1CC1)C2. The highest BCUT2D eigenvalue weighted by Gasteiger charge is 2.47. The highest BCUT2D eigenvalue weighted by atomic mass is 15.4. The third-order valence-electron chi connectivity index (χ3n) is 4.85. The van der Waals surface area contributed by atoms with Gasteiger partial charge in [-0.05, 0) is 44.4 Å². The molecule has 1 heterocycles. The van der Waals surface area contributed by atoms with Crippen LogP contribution in [0.1, 0.15) is 45.4 Å². The maximum atomic E-state index is 6.01. The maximum absolute atomic E-state index is 6.01. The molecule has 2 fully saturated rings. The molecule has 0 aromatic heterocycles. The van der Waals surface area contributed by atoms with E-state index in [9.17, 15) is 0 Å². The lowest BCUT2D eigenvalue weighted by Gasteiger charge is -2.44. The highest BCUT2D eigenvalue weighted by molar-refractivity contribution is 5.81. The Labute approximate surface area is 98.1 Å². The third-order valence-corrected chi connectivity index (χ3v) is 4.85. The molecule has 1 spiro atoms. The van der Waals surface area contributed by atoms with Crippen LogP contribution in [-0.2, 0) is 0 Å². The molecule has 2 N–H and O–H groups in total. The lowest BCUT2D eigenvalue weighted by molar-refractivity contribution is 0.103. The average Bonchev–Trinajstić information content (AvgIpc) is 3.08. The van der Waals surface area contributed by atoms with Gasteiger partial charge in [-0.2, -0.15) is 0 Å². The van der Waals surface area contributed by atoms with Gasteiger partial charge in [-0.15, -0.1) is 0 Å². The van der Waals surface area contributed by atoms with Gasteiger partial charge >= 0.3 is 0 Å². The molecule has 1 aliphatic heterocycles. The van der Waals surface area contributed by atoms with Crippen molar-refractivity contribution in [3.63, 3.8) is 0 Å². The van der Waals surface area contributed by atoms with E-state index in [-0.39, 0.29) is 0 Å². The van der Waals surface area contributed by atoms with E-state index in [2.05, 4.69) is 16.8 Å². The molecule has 2 saturated carbocycles. The van der Waals surface area contributed by atoms with Crippen LogP contribution in [0.4, 0.5) is 0 Å². The summed E-state index contributed by atoms with van der Waals surface area (Å²) >= 11 is 0. The number of hydrogen-bond acceptors (Lipinski definition) is 3. The van der Waals surface area contributed by atoms with Gasteiger partial charge in [0.2, 0.25) is 0 Å². The number of hydrogen-bond donors (Lipinski definition) is 1. The minimum absolute atomic E-state index is 0.310. The zero-order chi connectivity index (χ0) is 11.2. The zero-order valence-corrected chi connectivity index (χ0v) is 10.3. The molecule has 0 radical (unpaired) electrons. The molecule has 0 saturated heterocycles. The van der Waals surface area contributed by atoms with Gasteiger partial charge in [-0.1, -0.05) is 12.8 Å². The normalized spacial score (nSPS) is 39.2. The Morgan fingerprint density at radius 2 is 2.19 bits per heavy atom. The molecule has 0 bridgehead atoms. The van der Waals surface area contributed by atoms with Crippen molar-refractivity contribution in [1.29, 1.82) is 0 Å². The summed E-state index contributed by atoms with van der Waals surface area (Å²) in [6.07, 6.45) is 8.42. The van der Waals surface area contributed by atoms with Gasteiger partial charge in [0.1, 0.15) is 0 Å². The largest absolute Gasteiger partial charge is 0.370 e. The predicted molar refractivity (Wildman–Crippen MR) is 66.3 cm³/mol. The summed E-state index contributed by atoms with van der Waals surface area (Å²) < 4.78 is 0. The lowest BCUT2D eigenvalue weighted by atomic mass is 9.73. The number of nitrogens with two attached hydrogens (primary N) is 1. The minimum atomic E-state index is 0.310. The summed E-state index contributed by atoms with van der Waals surface area (Å²) in [7, 11) is 0. The van der Waals surface area contributed by atoms with E-state index >= 15 is 0 Å². The smallest absolute Gasteiger partial charge is 0.191 e. The van der Waals surface area contributed by atoms with Gasteiger partial charge in [0.25, 0.3) is 0 Å². The summed E-state index contributed by atoms with van der Waals surface area (Å²) in [4.78, 5) is 6.88. The first kappa shape index (κ1) is 10.4. The van der Waals surface area contributed by atoms with Crippen molar-refractivity contribution in [3.05, 3.63) is 0 Å². The van der Waals surface area contributed by atoms with Gasteiger partial charge in [0, 0.05) is 6.54 Å². The summed E-state index contributed by atoms with van der Waals surface area (Å²) in [5, 5.41) is 0. The summed E-state index contributed by atoms with van der Waals surface area (Å²) in [6.45, 7) is 4.18. The average molecular weight is 221 g/mol. The van der Waals surface area contributed by atoms with Crippen LogP contribution in [0, 0.1) is 11.8 Å². The first-order valence-corrected chi connectivity index (χ1v) is 6.83. The molecular weight excluding hydrogens is 198 g/mol. The molecule has 3 rings (SSSR count). The van der Waals surface area contributed by atoms with Crippen molar-refractivity contribution < 1.29 is 0 Å². The molecule has 2 unspecified atom stereocenters. The van der Waals surface area contributed by atoms with Crippen LogP contribution in [0.2, 0.25) is 0 Å². The quantitative estimate of drug-likeness (QED) is 0.774. The Kier molecular flexibility index (Phi) is 2.37. The maximum Gasteiger partial charge on any atom is 0.191 e. The summed E-state index contributed by atoms with van der Waals surface area (Å²) in [5.41, 5.74) is 6.32. The molecule has 3 nitrogen and oxygen atoms in total. The van der Waals surface area contributed by atoms with E-state index in [0.29, 0.717) is 5.54 Å². The molecule has 0 aromatic rings. The topological polar surface area (TPSA) is 41.6 Å². The molecule has 90 valence electrons. The molecule has 0 amide bonds. The Morgan fingerprint density at radius 3 is 2.88 bits per heavy atom. The summed E-state index contributed by atoms with van der Waals surface area (Å²) in [6, 6.07) is 0. The fourth-order valence-electron chi connectivity index (χ4n) is 3.88. The standard InChI is InChI=1S/C13H23N3/c1-2-16-12(14)15-9-13(16)7-3-4-11(8-13)10-5-6-10/h10-11H,2-9H2,1H3,(H2,14,15). The fraction of sp³-hybridized carbons (Fsp3) is 0.923. The Bertz CT molecular complexity index is 308. The van der Waals surface area contributed by atoms with E-state index in [1.807, 2.05) is 0 Å². The van der Waals surface area contributed by atoms with Gasteiger partial charge < -0.3 is 10.6 Å². The first-order chi connectivity index (χ1) is 7.75. The second-order valence-corrected chi connectivity index (χ2v) is 5.84. The monoisotopic (exact) mass is 221 g/mol. The second-order valence-electron chi connectivity index (χ2n) is 5.84. The highest BCUT2D eigenvalue weighted by Crippen LogP contribution is 2.49. The van der Waals surface area contributed by atoms with E-state index in [1.54, 1.807) is 0 Å². The van der Waals surface area contributed by atoms with Crippen LogP contribution in [0.3, 0.4) is 0 Å². The Balaban J connectivity index is 1.76. The van der Waals surface area contributed by atoms with Crippen molar-refractivity contribution in [3.8, 4) is 0 Å². The predicted octanol–water partition coefficient (Wildman–Crippen LogP) is 1.98. The summed E-state index contributed by atoms with van der Waals surface area (Å²) in [5.74, 6) is 2.79. The van der Waals surface area contributed by atoms with Gasteiger partial charge in [-0.25, -0.2) is 0 Å². The van der Waals surface area contributed by atoms with Crippen LogP contribution in [-0.4, -0.2) is 29.5 Å². The van der Waals surface area contributed by atoms with Gasteiger partial charge in [0.05, 0.1) is 12.1 Å². The van der Waals surface area contributed by atoms with E-state index in [1.165, 1.54) is 38.5 Å². The molecule has 2 atom stereocenters. The molecule has 3 heteroatoms. The van der Waals surface area contributed by atoms with Crippen molar-refractivity contribution >= 4 is 5.96 Å². The Hall–Kier alpha value is -0.730. The molecular formula is C13H23N3. The number of guanidine groups is 1. The first-order valence-electron chi connectivity index (χ1n) is 6.83. The van der Waals surface area contributed by atoms with Crippen LogP contribution in [0.15, 0.2) is 4.99 Å². The second kappa shape index (κ2) is 3.64. The molecule has 0 aromatic carbocycles. The van der Waals surface area contributed by atoms with Crippen LogP contribution in [0.5, 0.6) is 0 Å². The zero-order valence-electron chi connectivity index (χ0n) is 10.3. The van der Waals surface area contributed by atoms with Crippen LogP contribution >= 0.6 is 0 Å². The van der Waals surface area contributed by atoms with E-state index in [4.69, 9.17) is 5.73 Å². The van der Waals surface area contributed by atoms with Crippen LogP contribution < -0.4 is 5.73 Å². The van der Waals surface area contributed by atoms with Crippen molar-refractivity contribution in [1.82, 2.24) is 4.90 Å². The molecule has 3 aliphatic rings. The lowest BCUT2D eigenvalue weighted by Crippen LogP contribution is -2.54. The molecule has 2 aliphatic carbocycles. The number of nitrogens with zero attached hydrogens (tertiary/aromatic N) is 2. The third kappa shape index (κ3) is 1.52. The van der Waals surface area contributed by atoms with E-state index < -0.39 is 0 Å². The van der Waals surface area contributed by atoms with Gasteiger partial charge in [-0.3, -0.25) is 4.99 Å². The number of aliphatic imine (C=N–C) groups is 1. The fourth-order valence-corrected chi connectivity index (χ4v) is 3.88. The van der Waals surface area contributed by atoms with Crippen molar-refractivity contribution in [2.45, 2.75) is 51.0 Å². The minimum Gasteiger partial charge on any atom is -0.370 e. The van der Waals surface area contributed by atoms with E-state index in [0.717, 1.165) is 30.9 Å². The molecule has 16 heavy (non-hydrogen) atoms. The van der Waals surface area contributed by atoms with Crippen molar-refractivity contribution in [2.75, 3.05) is 13.1 Å². The van der Waals surface area contributed by atoms with Crippen molar-refractivity contribution in [2.24, 2.45) is 22.6 Å². The Morgan fingerprint density at radius 1 is 1.38 bits per heavy atom. The van der Waals surface area contributed by atoms with Gasteiger partial charge in [0.15, 0.2) is 5.96 Å². The van der Waals surface area contributed by atoms with Crippen LogP contribution in [0.25, 0.3) is 0 Å².